The molecule has 0 aliphatic carbocycles. The fourth-order valence-corrected chi connectivity index (χ4v) is 3.92. The minimum absolute atomic E-state index is 0.0529. The summed E-state index contributed by atoms with van der Waals surface area (Å²) in [6.07, 6.45) is 8.87. The van der Waals surface area contributed by atoms with Gasteiger partial charge in [-0.1, -0.05) is 30.3 Å². The standard InChI is InChI=1S/C25H24N4O2/c1-2-14-28-15-16-29(24(30)21-8-12-27-13-9-21)23(25(28)31)18-19-4-3-5-22(17-19)20-6-10-26-11-7-20/h2-13,17,23H,1,14-16,18H2/t23-/m0/s1. The molecule has 6 nitrogen and oxygen atoms in total. The molecular formula is C25H24N4O2. The number of benzene rings is 1. The van der Waals surface area contributed by atoms with Crippen LogP contribution in [-0.4, -0.2) is 57.3 Å². The summed E-state index contributed by atoms with van der Waals surface area (Å²) in [5.74, 6) is -0.202. The molecule has 0 radical (unpaired) electrons. The second kappa shape index (κ2) is 9.34. The molecule has 1 fully saturated rings. The van der Waals surface area contributed by atoms with E-state index in [1.807, 2.05) is 30.3 Å². The molecular weight excluding hydrogens is 388 g/mol. The minimum atomic E-state index is -0.568. The third-order valence-electron chi connectivity index (χ3n) is 5.49. The van der Waals surface area contributed by atoms with Gasteiger partial charge < -0.3 is 9.80 Å². The van der Waals surface area contributed by atoms with Gasteiger partial charge in [-0.05, 0) is 41.0 Å². The van der Waals surface area contributed by atoms with E-state index in [9.17, 15) is 9.59 Å². The van der Waals surface area contributed by atoms with Crippen molar-refractivity contribution in [2.75, 3.05) is 19.6 Å². The van der Waals surface area contributed by atoms with Gasteiger partial charge in [-0.3, -0.25) is 19.6 Å². The summed E-state index contributed by atoms with van der Waals surface area (Å²) >= 11 is 0. The summed E-state index contributed by atoms with van der Waals surface area (Å²) in [5, 5.41) is 0. The molecule has 1 saturated heterocycles. The first-order valence-electron chi connectivity index (χ1n) is 10.3. The zero-order chi connectivity index (χ0) is 21.6. The first-order valence-corrected chi connectivity index (χ1v) is 10.3. The molecule has 0 saturated carbocycles. The van der Waals surface area contributed by atoms with Gasteiger partial charge in [0.1, 0.15) is 6.04 Å². The maximum absolute atomic E-state index is 13.3. The molecule has 1 atom stereocenters. The normalized spacial score (nSPS) is 16.3. The van der Waals surface area contributed by atoms with Crippen molar-refractivity contribution in [2.24, 2.45) is 0 Å². The monoisotopic (exact) mass is 412 g/mol. The number of aromatic nitrogens is 2. The predicted molar refractivity (Wildman–Crippen MR) is 119 cm³/mol. The summed E-state index contributed by atoms with van der Waals surface area (Å²) in [6, 6.07) is 14.8. The first-order chi connectivity index (χ1) is 15.2. The van der Waals surface area contributed by atoms with Crippen LogP contribution in [0.4, 0.5) is 0 Å². The molecule has 0 N–H and O–H groups in total. The van der Waals surface area contributed by atoms with Crippen molar-refractivity contribution in [1.29, 1.82) is 0 Å². The van der Waals surface area contributed by atoms with Gasteiger partial charge >= 0.3 is 0 Å². The van der Waals surface area contributed by atoms with E-state index in [4.69, 9.17) is 0 Å². The molecule has 1 aromatic carbocycles. The van der Waals surface area contributed by atoms with Crippen LogP contribution in [0.15, 0.2) is 86.0 Å². The summed E-state index contributed by atoms with van der Waals surface area (Å²) in [6.45, 7) is 5.21. The summed E-state index contributed by atoms with van der Waals surface area (Å²) < 4.78 is 0. The number of piperazine rings is 1. The molecule has 0 spiro atoms. The Kier molecular flexibility index (Phi) is 6.17. The van der Waals surface area contributed by atoms with Gasteiger partial charge in [0, 0.05) is 56.4 Å². The van der Waals surface area contributed by atoms with E-state index in [1.165, 1.54) is 0 Å². The quantitative estimate of drug-likeness (QED) is 0.583. The van der Waals surface area contributed by atoms with E-state index in [-0.39, 0.29) is 11.8 Å². The molecule has 0 unspecified atom stereocenters. The SMILES string of the molecule is C=CCN1CCN(C(=O)c2ccncc2)[C@@H](Cc2cccc(-c3ccncc3)c2)C1=O. The van der Waals surface area contributed by atoms with Crippen LogP contribution >= 0.6 is 0 Å². The second-order valence-electron chi connectivity index (χ2n) is 7.46. The predicted octanol–water partition coefficient (Wildman–Crippen LogP) is 3.23. The zero-order valence-corrected chi connectivity index (χ0v) is 17.2. The third kappa shape index (κ3) is 4.53. The number of carbonyl (C=O) groups is 2. The molecule has 0 bridgehead atoms. The average molecular weight is 412 g/mol. The van der Waals surface area contributed by atoms with Gasteiger partial charge in [0.2, 0.25) is 5.91 Å². The number of nitrogens with zero attached hydrogens (tertiary/aromatic N) is 4. The van der Waals surface area contributed by atoms with Crippen molar-refractivity contribution in [3.05, 3.63) is 97.1 Å². The largest absolute Gasteiger partial charge is 0.335 e. The van der Waals surface area contributed by atoms with Crippen LogP contribution < -0.4 is 0 Å². The first kappa shape index (κ1) is 20.5. The Bertz CT molecular complexity index is 1070. The van der Waals surface area contributed by atoms with Crippen LogP contribution in [0.3, 0.4) is 0 Å². The number of carbonyl (C=O) groups excluding carboxylic acids is 2. The Morgan fingerprint density at radius 2 is 1.71 bits per heavy atom. The molecule has 31 heavy (non-hydrogen) atoms. The highest BCUT2D eigenvalue weighted by molar-refractivity contribution is 5.98. The highest BCUT2D eigenvalue weighted by Gasteiger charge is 2.37. The maximum atomic E-state index is 13.3. The van der Waals surface area contributed by atoms with Crippen molar-refractivity contribution in [3.8, 4) is 11.1 Å². The Balaban J connectivity index is 1.63. The molecule has 6 heteroatoms. The molecule has 3 aromatic rings. The van der Waals surface area contributed by atoms with Crippen molar-refractivity contribution in [3.63, 3.8) is 0 Å². The van der Waals surface area contributed by atoms with Crippen LogP contribution in [0.25, 0.3) is 11.1 Å². The Morgan fingerprint density at radius 1 is 1.00 bits per heavy atom. The van der Waals surface area contributed by atoms with E-state index in [1.54, 1.807) is 52.8 Å². The molecule has 2 aromatic heterocycles. The smallest absolute Gasteiger partial charge is 0.254 e. The van der Waals surface area contributed by atoms with Crippen molar-refractivity contribution < 1.29 is 9.59 Å². The van der Waals surface area contributed by atoms with Gasteiger partial charge in [0.05, 0.1) is 0 Å². The summed E-state index contributed by atoms with van der Waals surface area (Å²) in [4.78, 5) is 38.0. The topological polar surface area (TPSA) is 66.4 Å². The second-order valence-corrected chi connectivity index (χ2v) is 7.46. The van der Waals surface area contributed by atoms with Crippen LogP contribution in [0.1, 0.15) is 15.9 Å². The van der Waals surface area contributed by atoms with Gasteiger partial charge in [-0.15, -0.1) is 6.58 Å². The lowest BCUT2D eigenvalue weighted by Gasteiger charge is -2.40. The average Bonchev–Trinajstić information content (AvgIpc) is 2.83. The molecule has 4 rings (SSSR count). The van der Waals surface area contributed by atoms with Crippen LogP contribution in [0.5, 0.6) is 0 Å². The minimum Gasteiger partial charge on any atom is -0.335 e. The lowest BCUT2D eigenvalue weighted by Crippen LogP contribution is -2.59. The fourth-order valence-electron chi connectivity index (χ4n) is 3.92. The highest BCUT2D eigenvalue weighted by atomic mass is 16.2. The van der Waals surface area contributed by atoms with E-state index in [2.05, 4.69) is 22.6 Å². The number of amides is 2. The molecule has 3 heterocycles. The van der Waals surface area contributed by atoms with Crippen LogP contribution in [0.2, 0.25) is 0 Å². The van der Waals surface area contributed by atoms with E-state index >= 15 is 0 Å². The van der Waals surface area contributed by atoms with Crippen LogP contribution in [-0.2, 0) is 11.2 Å². The Morgan fingerprint density at radius 3 is 2.42 bits per heavy atom. The Labute approximate surface area is 181 Å². The lowest BCUT2D eigenvalue weighted by molar-refractivity contribution is -0.139. The third-order valence-corrected chi connectivity index (χ3v) is 5.49. The van der Waals surface area contributed by atoms with Crippen molar-refractivity contribution in [1.82, 2.24) is 19.8 Å². The number of pyridine rings is 2. The Hall–Kier alpha value is -3.80. The number of rotatable bonds is 6. The van der Waals surface area contributed by atoms with Crippen molar-refractivity contribution in [2.45, 2.75) is 12.5 Å². The molecule has 1 aliphatic heterocycles. The fraction of sp³-hybridized carbons (Fsp3) is 0.200. The summed E-state index contributed by atoms with van der Waals surface area (Å²) in [5.41, 5.74) is 3.65. The van der Waals surface area contributed by atoms with Gasteiger partial charge in [0.15, 0.2) is 0 Å². The highest BCUT2D eigenvalue weighted by Crippen LogP contribution is 2.23. The maximum Gasteiger partial charge on any atom is 0.254 e. The number of hydrogen-bond donors (Lipinski definition) is 0. The van der Waals surface area contributed by atoms with Gasteiger partial charge in [-0.25, -0.2) is 0 Å². The van der Waals surface area contributed by atoms with E-state index < -0.39 is 6.04 Å². The lowest BCUT2D eigenvalue weighted by atomic mass is 9.97. The van der Waals surface area contributed by atoms with E-state index in [0.717, 1.165) is 16.7 Å². The van der Waals surface area contributed by atoms with E-state index in [0.29, 0.717) is 31.6 Å². The zero-order valence-electron chi connectivity index (χ0n) is 17.2. The molecule has 156 valence electrons. The molecule has 2 amide bonds. The summed E-state index contributed by atoms with van der Waals surface area (Å²) in [7, 11) is 0. The number of hydrogen-bond acceptors (Lipinski definition) is 4. The van der Waals surface area contributed by atoms with Gasteiger partial charge in [0.25, 0.3) is 5.91 Å². The van der Waals surface area contributed by atoms with Gasteiger partial charge in [-0.2, -0.15) is 0 Å². The van der Waals surface area contributed by atoms with Crippen molar-refractivity contribution >= 4 is 11.8 Å². The van der Waals surface area contributed by atoms with Crippen LogP contribution in [0, 0.1) is 0 Å². The molecule has 1 aliphatic rings.